The number of rotatable bonds is 6. The minimum atomic E-state index is -0.683. The van der Waals surface area contributed by atoms with E-state index in [2.05, 4.69) is 19.2 Å². The molecule has 0 bridgehead atoms. The Morgan fingerprint density at radius 3 is 2.32 bits per heavy atom. The van der Waals surface area contributed by atoms with Crippen molar-refractivity contribution in [3.63, 3.8) is 0 Å². The number of alkyl carbamates (subject to hydrolysis) is 1. The lowest BCUT2D eigenvalue weighted by atomic mass is 9.79. The number of amides is 1. The van der Waals surface area contributed by atoms with Gasteiger partial charge in [-0.3, -0.25) is 4.79 Å². The van der Waals surface area contributed by atoms with Gasteiger partial charge in [0.2, 0.25) is 0 Å². The molecule has 0 aromatic heterocycles. The van der Waals surface area contributed by atoms with Gasteiger partial charge in [0.15, 0.2) is 0 Å². The zero-order valence-corrected chi connectivity index (χ0v) is 16.4. The Morgan fingerprint density at radius 1 is 1.24 bits per heavy atom. The highest BCUT2D eigenvalue weighted by Crippen LogP contribution is 2.34. The van der Waals surface area contributed by atoms with Crippen molar-refractivity contribution in [3.05, 3.63) is 12.2 Å². The second kappa shape index (κ2) is 9.22. The second-order valence-electron chi connectivity index (χ2n) is 8.00. The highest BCUT2D eigenvalue weighted by atomic mass is 16.6. The molecule has 0 saturated carbocycles. The van der Waals surface area contributed by atoms with Gasteiger partial charge in [-0.2, -0.15) is 0 Å². The van der Waals surface area contributed by atoms with Gasteiger partial charge in [-0.15, -0.1) is 0 Å². The fourth-order valence-electron chi connectivity index (χ4n) is 2.83. The van der Waals surface area contributed by atoms with Crippen LogP contribution in [0.25, 0.3) is 0 Å². The average Bonchev–Trinajstić information content (AvgIpc) is 2.50. The Bertz CT molecular complexity index is 473. The van der Waals surface area contributed by atoms with Gasteiger partial charge in [0, 0.05) is 13.2 Å². The monoisotopic (exact) mass is 355 g/mol. The standard InChI is InChI=1S/C19H33NO5/c1-14(2)13-15(20-17(22)25-18(3,4)5)7-8-19(16(21)23-6)9-11-24-12-10-19/h7-8,14-15H,9-13H2,1-6H3,(H,20,22)/b8-7+. The summed E-state index contributed by atoms with van der Waals surface area (Å²) in [7, 11) is 1.40. The number of hydrogen-bond donors (Lipinski definition) is 1. The molecule has 1 heterocycles. The van der Waals surface area contributed by atoms with E-state index < -0.39 is 17.1 Å². The zero-order chi connectivity index (χ0) is 19.1. The summed E-state index contributed by atoms with van der Waals surface area (Å²) in [5.74, 6) is 0.126. The molecule has 6 nitrogen and oxygen atoms in total. The van der Waals surface area contributed by atoms with Crippen LogP contribution in [0.5, 0.6) is 0 Å². The van der Waals surface area contributed by atoms with E-state index in [1.54, 1.807) is 0 Å². The summed E-state index contributed by atoms with van der Waals surface area (Å²) in [5.41, 5.74) is -1.23. The molecule has 144 valence electrons. The maximum Gasteiger partial charge on any atom is 0.408 e. The molecule has 1 fully saturated rings. The molecule has 1 rings (SSSR count). The number of ether oxygens (including phenoxy) is 3. The van der Waals surface area contributed by atoms with E-state index >= 15 is 0 Å². The summed E-state index contributed by atoms with van der Waals surface area (Å²) in [6.45, 7) is 10.7. The Kier molecular flexibility index (Phi) is 7.93. The van der Waals surface area contributed by atoms with Gasteiger partial charge in [0.05, 0.1) is 18.6 Å². The molecule has 1 saturated heterocycles. The molecule has 1 aliphatic rings. The van der Waals surface area contributed by atoms with Gasteiger partial charge >= 0.3 is 12.1 Å². The van der Waals surface area contributed by atoms with Crippen LogP contribution < -0.4 is 5.32 Å². The number of nitrogens with one attached hydrogen (secondary N) is 1. The summed E-state index contributed by atoms with van der Waals surface area (Å²) in [5, 5.41) is 2.89. The van der Waals surface area contributed by atoms with Crippen molar-refractivity contribution < 1.29 is 23.8 Å². The van der Waals surface area contributed by atoms with Crippen LogP contribution in [0.3, 0.4) is 0 Å². The third-order valence-electron chi connectivity index (χ3n) is 4.05. The van der Waals surface area contributed by atoms with Gasteiger partial charge in [0.1, 0.15) is 5.60 Å². The van der Waals surface area contributed by atoms with E-state index in [1.165, 1.54) is 7.11 Å². The first-order valence-corrected chi connectivity index (χ1v) is 8.93. The van der Waals surface area contributed by atoms with E-state index in [-0.39, 0.29) is 12.0 Å². The van der Waals surface area contributed by atoms with E-state index in [4.69, 9.17) is 14.2 Å². The van der Waals surface area contributed by atoms with E-state index in [9.17, 15) is 9.59 Å². The molecule has 25 heavy (non-hydrogen) atoms. The summed E-state index contributed by atoms with van der Waals surface area (Å²) in [6.07, 6.45) is 5.23. The third kappa shape index (κ3) is 7.46. The normalized spacial score (nSPS) is 18.8. The highest BCUT2D eigenvalue weighted by Gasteiger charge is 2.39. The van der Waals surface area contributed by atoms with E-state index in [1.807, 2.05) is 32.9 Å². The first kappa shape index (κ1) is 21.5. The third-order valence-corrected chi connectivity index (χ3v) is 4.05. The SMILES string of the molecule is COC(=O)C1(/C=C/C(CC(C)C)NC(=O)OC(C)(C)C)CCOCC1. The van der Waals surface area contributed by atoms with Crippen molar-refractivity contribution in [2.75, 3.05) is 20.3 Å². The van der Waals surface area contributed by atoms with Crippen LogP contribution in [0.1, 0.15) is 53.9 Å². The maximum atomic E-state index is 12.3. The van der Waals surface area contributed by atoms with Gasteiger partial charge in [0.25, 0.3) is 0 Å². The molecule has 6 heteroatoms. The van der Waals surface area contributed by atoms with Crippen LogP contribution in [0, 0.1) is 11.3 Å². The topological polar surface area (TPSA) is 73.9 Å². The van der Waals surface area contributed by atoms with Crippen molar-refractivity contribution in [3.8, 4) is 0 Å². The molecule has 1 aliphatic heterocycles. The first-order valence-electron chi connectivity index (χ1n) is 8.93. The quantitative estimate of drug-likeness (QED) is 0.583. The minimum Gasteiger partial charge on any atom is -0.468 e. The van der Waals surface area contributed by atoms with Crippen LogP contribution >= 0.6 is 0 Å². The van der Waals surface area contributed by atoms with Gasteiger partial charge in [-0.1, -0.05) is 26.0 Å². The second-order valence-corrected chi connectivity index (χ2v) is 8.00. The van der Waals surface area contributed by atoms with Crippen LogP contribution in [-0.2, 0) is 19.0 Å². The van der Waals surface area contributed by atoms with Crippen molar-refractivity contribution >= 4 is 12.1 Å². The molecular formula is C19H33NO5. The lowest BCUT2D eigenvalue weighted by Gasteiger charge is -2.32. The fourth-order valence-corrected chi connectivity index (χ4v) is 2.83. The van der Waals surface area contributed by atoms with Gasteiger partial charge in [-0.25, -0.2) is 4.79 Å². The first-order chi connectivity index (χ1) is 11.6. The van der Waals surface area contributed by atoms with Crippen molar-refractivity contribution in [1.82, 2.24) is 5.32 Å². The van der Waals surface area contributed by atoms with Gasteiger partial charge in [-0.05, 0) is 46.0 Å². The van der Waals surface area contributed by atoms with Gasteiger partial charge < -0.3 is 19.5 Å². The van der Waals surface area contributed by atoms with Crippen molar-refractivity contribution in [2.24, 2.45) is 11.3 Å². The Morgan fingerprint density at radius 2 is 1.84 bits per heavy atom. The molecule has 1 unspecified atom stereocenters. The molecule has 1 atom stereocenters. The predicted octanol–water partition coefficient (Wildman–Crippen LogP) is 3.45. The molecule has 0 radical (unpaired) electrons. The number of esters is 1. The van der Waals surface area contributed by atoms with E-state index in [0.717, 1.165) is 6.42 Å². The number of carbonyl (C=O) groups excluding carboxylic acids is 2. The van der Waals surface area contributed by atoms with Crippen LogP contribution in [-0.4, -0.2) is 44.0 Å². The van der Waals surface area contributed by atoms with Crippen molar-refractivity contribution in [2.45, 2.75) is 65.5 Å². The molecule has 0 aromatic rings. The number of hydrogen-bond acceptors (Lipinski definition) is 5. The number of carbonyl (C=O) groups is 2. The van der Waals surface area contributed by atoms with Crippen LogP contribution in [0.15, 0.2) is 12.2 Å². The molecule has 1 N–H and O–H groups in total. The predicted molar refractivity (Wildman–Crippen MR) is 96.3 cm³/mol. The fraction of sp³-hybridized carbons (Fsp3) is 0.789. The summed E-state index contributed by atoms with van der Waals surface area (Å²) in [4.78, 5) is 24.4. The van der Waals surface area contributed by atoms with Crippen LogP contribution in [0.2, 0.25) is 0 Å². The number of methoxy groups -OCH3 is 1. The Hall–Kier alpha value is -1.56. The minimum absolute atomic E-state index is 0.209. The lowest BCUT2D eigenvalue weighted by Crippen LogP contribution is -2.40. The molecule has 0 aliphatic carbocycles. The summed E-state index contributed by atoms with van der Waals surface area (Å²) in [6, 6.07) is -0.209. The molecule has 0 aromatic carbocycles. The average molecular weight is 355 g/mol. The lowest BCUT2D eigenvalue weighted by molar-refractivity contribution is -0.154. The van der Waals surface area contributed by atoms with Crippen LogP contribution in [0.4, 0.5) is 4.79 Å². The highest BCUT2D eigenvalue weighted by molar-refractivity contribution is 5.79. The Labute approximate surface area is 151 Å². The summed E-state index contributed by atoms with van der Waals surface area (Å²) >= 11 is 0. The molecule has 0 spiro atoms. The van der Waals surface area contributed by atoms with Crippen molar-refractivity contribution in [1.29, 1.82) is 0 Å². The molecular weight excluding hydrogens is 322 g/mol. The maximum absolute atomic E-state index is 12.3. The molecule has 1 amide bonds. The van der Waals surface area contributed by atoms with E-state index in [0.29, 0.717) is 32.0 Å². The zero-order valence-electron chi connectivity index (χ0n) is 16.4. The smallest absolute Gasteiger partial charge is 0.408 e. The Balaban J connectivity index is 2.88. The summed E-state index contributed by atoms with van der Waals surface area (Å²) < 4.78 is 15.7. The largest absolute Gasteiger partial charge is 0.468 e.